The number of ether oxygens (including phenoxy) is 4. The Balaban J connectivity index is 0.00000320. The minimum atomic E-state index is 0. The van der Waals surface area contributed by atoms with Gasteiger partial charge in [-0.1, -0.05) is 13.8 Å². The molecular formula is C21H35IN4O4. The van der Waals surface area contributed by atoms with Gasteiger partial charge in [0.25, 0.3) is 0 Å². The molecule has 0 saturated carbocycles. The molecule has 1 saturated heterocycles. The Hall–Kier alpha value is -1.46. The second kappa shape index (κ2) is 13.1. The van der Waals surface area contributed by atoms with Gasteiger partial charge in [0.05, 0.1) is 26.3 Å². The zero-order valence-corrected chi connectivity index (χ0v) is 20.5. The maximum atomic E-state index is 5.82. The summed E-state index contributed by atoms with van der Waals surface area (Å²) >= 11 is 0. The summed E-state index contributed by atoms with van der Waals surface area (Å²) in [7, 11) is 0. The predicted octanol–water partition coefficient (Wildman–Crippen LogP) is 2.32. The second-order valence-corrected chi connectivity index (χ2v) is 7.47. The summed E-state index contributed by atoms with van der Waals surface area (Å²) in [6, 6.07) is 6.03. The Labute approximate surface area is 196 Å². The summed E-state index contributed by atoms with van der Waals surface area (Å²) in [5, 5.41) is 6.67. The number of aliphatic imine (C=N–C) groups is 1. The molecule has 2 heterocycles. The van der Waals surface area contributed by atoms with Crippen molar-refractivity contribution in [3.8, 4) is 17.2 Å². The van der Waals surface area contributed by atoms with Gasteiger partial charge in [-0.2, -0.15) is 0 Å². The second-order valence-electron chi connectivity index (χ2n) is 7.47. The molecule has 0 aliphatic carbocycles. The molecule has 8 nitrogen and oxygen atoms in total. The number of benzene rings is 1. The third-order valence-corrected chi connectivity index (χ3v) is 5.07. The lowest BCUT2D eigenvalue weighted by Gasteiger charge is -2.36. The van der Waals surface area contributed by atoms with Gasteiger partial charge in [-0.05, 0) is 25.0 Å². The number of guanidine groups is 1. The summed E-state index contributed by atoms with van der Waals surface area (Å²) in [4.78, 5) is 7.31. The highest BCUT2D eigenvalue weighted by Gasteiger charge is 2.23. The molecule has 2 aliphatic rings. The third-order valence-electron chi connectivity index (χ3n) is 5.07. The van der Waals surface area contributed by atoms with Gasteiger partial charge in [0.15, 0.2) is 17.5 Å². The Morgan fingerprint density at radius 2 is 1.93 bits per heavy atom. The molecule has 1 aromatic rings. The topological polar surface area (TPSA) is 76.6 Å². The van der Waals surface area contributed by atoms with E-state index in [1.807, 2.05) is 18.2 Å². The van der Waals surface area contributed by atoms with Crippen LogP contribution in [-0.2, 0) is 4.74 Å². The van der Waals surface area contributed by atoms with Gasteiger partial charge in [0.2, 0.25) is 6.79 Å². The van der Waals surface area contributed by atoms with Crippen LogP contribution < -0.4 is 24.8 Å². The summed E-state index contributed by atoms with van der Waals surface area (Å²) in [5.41, 5.74) is 0. The number of fused-ring (bicyclic) bond motifs is 1. The van der Waals surface area contributed by atoms with Crippen molar-refractivity contribution in [3.05, 3.63) is 18.2 Å². The third kappa shape index (κ3) is 7.35. The highest BCUT2D eigenvalue weighted by molar-refractivity contribution is 14.0. The van der Waals surface area contributed by atoms with E-state index in [4.69, 9.17) is 23.9 Å². The highest BCUT2D eigenvalue weighted by atomic mass is 127. The zero-order valence-electron chi connectivity index (χ0n) is 18.2. The number of hydrogen-bond acceptors (Lipinski definition) is 6. The zero-order chi connectivity index (χ0) is 20.5. The first-order chi connectivity index (χ1) is 14.2. The highest BCUT2D eigenvalue weighted by Crippen LogP contribution is 2.34. The molecule has 0 amide bonds. The van der Waals surface area contributed by atoms with Crippen LogP contribution >= 0.6 is 24.0 Å². The van der Waals surface area contributed by atoms with E-state index < -0.39 is 0 Å². The number of hydrogen-bond donors (Lipinski definition) is 2. The molecule has 1 aromatic carbocycles. The maximum Gasteiger partial charge on any atom is 0.231 e. The lowest BCUT2D eigenvalue weighted by atomic mass is 10.0. The van der Waals surface area contributed by atoms with Crippen LogP contribution in [0.4, 0.5) is 0 Å². The smallest absolute Gasteiger partial charge is 0.231 e. The van der Waals surface area contributed by atoms with E-state index in [0.29, 0.717) is 25.1 Å². The molecule has 2 N–H and O–H groups in total. The standard InChI is InChI=1S/C21H34N4O4.HI/c1-4-22-21(24-14-18(16(2)3)25-8-11-26-12-9-25)23-7-10-27-17-5-6-19-20(13-17)29-15-28-19;/h5-6,13,16,18H,4,7-12,14-15H2,1-3H3,(H2,22,23,24);1H. The molecular weight excluding hydrogens is 499 g/mol. The van der Waals surface area contributed by atoms with Crippen LogP contribution in [0.3, 0.4) is 0 Å². The summed E-state index contributed by atoms with van der Waals surface area (Å²) in [5.74, 6) is 3.62. The van der Waals surface area contributed by atoms with Gasteiger partial charge in [-0.25, -0.2) is 0 Å². The Kier molecular flexibility index (Phi) is 10.8. The quantitative estimate of drug-likeness (QED) is 0.218. The molecule has 1 unspecified atom stereocenters. The number of morpholine rings is 1. The molecule has 0 spiro atoms. The van der Waals surface area contributed by atoms with Crippen molar-refractivity contribution >= 4 is 29.9 Å². The lowest BCUT2D eigenvalue weighted by Crippen LogP contribution is -2.48. The summed E-state index contributed by atoms with van der Waals surface area (Å²) < 4.78 is 22.0. The van der Waals surface area contributed by atoms with Crippen LogP contribution in [-0.4, -0.2) is 76.2 Å². The van der Waals surface area contributed by atoms with Gasteiger partial charge in [0.1, 0.15) is 12.4 Å². The lowest BCUT2D eigenvalue weighted by molar-refractivity contribution is 0.00867. The molecule has 1 atom stereocenters. The number of rotatable bonds is 9. The summed E-state index contributed by atoms with van der Waals surface area (Å²) in [6.07, 6.45) is 0. The van der Waals surface area contributed by atoms with Gasteiger partial charge >= 0.3 is 0 Å². The first-order valence-electron chi connectivity index (χ1n) is 10.5. The first kappa shape index (κ1) is 24.8. The van der Waals surface area contributed by atoms with E-state index >= 15 is 0 Å². The largest absolute Gasteiger partial charge is 0.492 e. The first-order valence-corrected chi connectivity index (χ1v) is 10.5. The number of halogens is 1. The molecule has 0 bridgehead atoms. The molecule has 30 heavy (non-hydrogen) atoms. The average Bonchev–Trinajstić information content (AvgIpc) is 3.19. The Morgan fingerprint density at radius 1 is 1.17 bits per heavy atom. The van der Waals surface area contributed by atoms with Crippen LogP contribution in [0.1, 0.15) is 20.8 Å². The monoisotopic (exact) mass is 534 g/mol. The van der Waals surface area contributed by atoms with E-state index in [1.165, 1.54) is 0 Å². The molecule has 3 rings (SSSR count). The number of nitrogens with zero attached hydrogens (tertiary/aromatic N) is 2. The fraction of sp³-hybridized carbons (Fsp3) is 0.667. The van der Waals surface area contributed by atoms with E-state index in [9.17, 15) is 0 Å². The van der Waals surface area contributed by atoms with Crippen molar-refractivity contribution in [1.29, 1.82) is 0 Å². The van der Waals surface area contributed by atoms with E-state index in [1.54, 1.807) is 0 Å². The normalized spacial score (nSPS) is 17.4. The van der Waals surface area contributed by atoms with Crippen LogP contribution in [0.25, 0.3) is 0 Å². The molecule has 1 fully saturated rings. The van der Waals surface area contributed by atoms with Crippen molar-refractivity contribution in [1.82, 2.24) is 15.5 Å². The van der Waals surface area contributed by atoms with Crippen LogP contribution in [0.2, 0.25) is 0 Å². The molecule has 9 heteroatoms. The van der Waals surface area contributed by atoms with E-state index in [2.05, 4.69) is 36.3 Å². The molecule has 0 radical (unpaired) electrons. The fourth-order valence-corrected chi connectivity index (χ4v) is 3.49. The van der Waals surface area contributed by atoms with Crippen molar-refractivity contribution in [3.63, 3.8) is 0 Å². The minimum Gasteiger partial charge on any atom is -0.492 e. The predicted molar refractivity (Wildman–Crippen MR) is 128 cm³/mol. The minimum absolute atomic E-state index is 0. The molecule has 2 aliphatic heterocycles. The van der Waals surface area contributed by atoms with E-state index in [0.717, 1.165) is 62.6 Å². The van der Waals surface area contributed by atoms with Gasteiger partial charge in [-0.3, -0.25) is 9.89 Å². The maximum absolute atomic E-state index is 5.82. The van der Waals surface area contributed by atoms with E-state index in [-0.39, 0.29) is 30.8 Å². The van der Waals surface area contributed by atoms with Crippen molar-refractivity contribution < 1.29 is 18.9 Å². The van der Waals surface area contributed by atoms with Crippen molar-refractivity contribution in [2.75, 3.05) is 59.3 Å². The van der Waals surface area contributed by atoms with Gasteiger partial charge in [-0.15, -0.1) is 24.0 Å². The Bertz CT molecular complexity index is 668. The van der Waals surface area contributed by atoms with Gasteiger partial charge in [0, 0.05) is 31.7 Å². The average molecular weight is 534 g/mol. The van der Waals surface area contributed by atoms with Crippen LogP contribution in [0, 0.1) is 5.92 Å². The molecule has 170 valence electrons. The van der Waals surface area contributed by atoms with Crippen LogP contribution in [0.15, 0.2) is 23.2 Å². The molecule has 0 aromatic heterocycles. The number of nitrogens with one attached hydrogen (secondary N) is 2. The van der Waals surface area contributed by atoms with Crippen LogP contribution in [0.5, 0.6) is 17.2 Å². The Morgan fingerprint density at radius 3 is 2.67 bits per heavy atom. The fourth-order valence-electron chi connectivity index (χ4n) is 3.49. The van der Waals surface area contributed by atoms with Gasteiger partial charge < -0.3 is 29.6 Å². The van der Waals surface area contributed by atoms with Crippen molar-refractivity contribution in [2.45, 2.75) is 26.8 Å². The van der Waals surface area contributed by atoms with Crippen molar-refractivity contribution in [2.24, 2.45) is 10.9 Å². The summed E-state index contributed by atoms with van der Waals surface area (Å²) in [6.45, 7) is 13.2. The SMILES string of the molecule is CCNC(=NCC(C(C)C)N1CCOCC1)NCCOc1ccc2c(c1)OCO2.I.